The van der Waals surface area contributed by atoms with Gasteiger partial charge >= 0.3 is 0 Å². The van der Waals surface area contributed by atoms with Gasteiger partial charge < -0.3 is 0 Å². The smallest absolute Gasteiger partial charge is 0.1000 e. The second-order valence-electron chi connectivity index (χ2n) is 10.5. The van der Waals surface area contributed by atoms with Crippen LogP contribution in [0.25, 0.3) is 20.2 Å². The molecule has 0 amide bonds. The van der Waals surface area contributed by atoms with E-state index in [0.29, 0.717) is 0 Å². The van der Waals surface area contributed by atoms with Crippen molar-refractivity contribution in [2.75, 3.05) is 5.75 Å². The van der Waals surface area contributed by atoms with Crippen molar-refractivity contribution in [3.8, 4) is 20.2 Å². The molecule has 0 bridgehead atoms. The monoisotopic (exact) mass is 624 g/mol. The molecule has 3 atom stereocenters. The number of hydrogen-bond donors (Lipinski definition) is 0. The van der Waals surface area contributed by atoms with Gasteiger partial charge in [-0.1, -0.05) is 104 Å². The fraction of sp³-hybridized carbons (Fsp3) is 0.625. The van der Waals surface area contributed by atoms with Gasteiger partial charge in [0.2, 0.25) is 0 Å². The van der Waals surface area contributed by atoms with Gasteiger partial charge in [0.25, 0.3) is 0 Å². The fourth-order valence-corrected chi connectivity index (χ4v) is 11.8. The standard InChI is InChI=1S/C32H48O2S5/c1-4-7-9-11-12-13-15-17-24-38(33)30-25-29(37-31(30)28-20-18-22-35-28)27-21-23-36-32(27)39(34)26(6-3)19-16-14-10-8-5-2/h18,20-23,25-26H,4-17,19,24H2,1-3H3. The number of rotatable bonds is 21. The lowest BCUT2D eigenvalue weighted by Gasteiger charge is -2.14. The molecule has 3 heterocycles. The van der Waals surface area contributed by atoms with Gasteiger partial charge in [-0.25, -0.2) is 0 Å². The van der Waals surface area contributed by atoms with E-state index in [9.17, 15) is 8.42 Å². The van der Waals surface area contributed by atoms with E-state index in [2.05, 4.69) is 55.8 Å². The molecule has 7 heteroatoms. The molecule has 0 aliphatic heterocycles. The minimum atomic E-state index is -1.02. The lowest BCUT2D eigenvalue weighted by Crippen LogP contribution is -2.14. The predicted molar refractivity (Wildman–Crippen MR) is 179 cm³/mol. The predicted octanol–water partition coefficient (Wildman–Crippen LogP) is 11.7. The van der Waals surface area contributed by atoms with Crippen LogP contribution in [0.1, 0.15) is 117 Å². The van der Waals surface area contributed by atoms with Crippen molar-refractivity contribution in [3.63, 3.8) is 0 Å². The van der Waals surface area contributed by atoms with Gasteiger partial charge in [0.1, 0.15) is 0 Å². The maximum Gasteiger partial charge on any atom is 0.1000 e. The highest BCUT2D eigenvalue weighted by Gasteiger charge is 2.24. The Balaban J connectivity index is 1.70. The Morgan fingerprint density at radius 1 is 0.744 bits per heavy atom. The van der Waals surface area contributed by atoms with Crippen LogP contribution in [0.15, 0.2) is 44.1 Å². The quantitative estimate of drug-likeness (QED) is 0.110. The molecule has 0 saturated carbocycles. The minimum Gasteiger partial charge on any atom is -0.254 e. The Bertz CT molecular complexity index is 1110. The number of thiophene rings is 3. The average Bonchev–Trinajstić information content (AvgIpc) is 3.72. The first-order valence-corrected chi connectivity index (χ1v) is 20.3. The molecule has 0 aliphatic rings. The van der Waals surface area contributed by atoms with Crippen molar-refractivity contribution >= 4 is 55.6 Å². The van der Waals surface area contributed by atoms with Crippen LogP contribution in [0.2, 0.25) is 0 Å². The normalized spacial score (nSPS) is 14.0. The molecule has 0 aliphatic carbocycles. The van der Waals surface area contributed by atoms with E-state index in [1.54, 1.807) is 34.0 Å². The Morgan fingerprint density at radius 3 is 2.05 bits per heavy atom. The molecule has 3 aromatic rings. The Hall–Kier alpha value is -0.600. The summed E-state index contributed by atoms with van der Waals surface area (Å²) < 4.78 is 28.3. The molecule has 2 nitrogen and oxygen atoms in total. The Morgan fingerprint density at radius 2 is 1.41 bits per heavy atom. The lowest BCUT2D eigenvalue weighted by atomic mass is 10.1. The van der Waals surface area contributed by atoms with E-state index >= 15 is 0 Å². The SMILES string of the molecule is CCCCCCCCCCS(=O)c1cc(-c2ccsc2S(=O)C(CC)CCCCCCC)sc1-c1cccs1. The molecule has 0 spiro atoms. The molecule has 39 heavy (non-hydrogen) atoms. The second-order valence-corrected chi connectivity index (χ2v) is 16.8. The largest absolute Gasteiger partial charge is 0.254 e. The molecule has 3 rings (SSSR count). The van der Waals surface area contributed by atoms with Crippen LogP contribution in [0.4, 0.5) is 0 Å². The van der Waals surface area contributed by atoms with Crippen molar-refractivity contribution in [2.24, 2.45) is 0 Å². The summed E-state index contributed by atoms with van der Waals surface area (Å²) in [7, 11) is -2.03. The number of hydrogen-bond acceptors (Lipinski definition) is 5. The third-order valence-corrected chi connectivity index (χ3v) is 14.4. The summed E-state index contributed by atoms with van der Waals surface area (Å²) in [6.07, 6.45) is 18.2. The molecule has 0 fully saturated rings. The zero-order valence-corrected chi connectivity index (χ0v) is 28.3. The van der Waals surface area contributed by atoms with Gasteiger partial charge in [-0.15, -0.1) is 34.0 Å². The van der Waals surface area contributed by atoms with Crippen molar-refractivity contribution in [3.05, 3.63) is 35.0 Å². The van der Waals surface area contributed by atoms with Crippen molar-refractivity contribution in [1.82, 2.24) is 0 Å². The van der Waals surface area contributed by atoms with Crippen LogP contribution in [0, 0.1) is 0 Å². The molecular weight excluding hydrogens is 577 g/mol. The molecule has 3 unspecified atom stereocenters. The zero-order chi connectivity index (χ0) is 27.9. The highest BCUT2D eigenvalue weighted by molar-refractivity contribution is 7.88. The van der Waals surface area contributed by atoms with Gasteiger partial charge in [0.15, 0.2) is 0 Å². The van der Waals surface area contributed by atoms with Crippen molar-refractivity contribution < 1.29 is 8.42 Å². The van der Waals surface area contributed by atoms with Crippen LogP contribution in [0.5, 0.6) is 0 Å². The number of unbranched alkanes of at least 4 members (excludes halogenated alkanes) is 11. The summed E-state index contributed by atoms with van der Waals surface area (Å²) >= 11 is 5.06. The van der Waals surface area contributed by atoms with E-state index in [-0.39, 0.29) is 5.25 Å². The third-order valence-electron chi connectivity index (χ3n) is 7.34. The molecule has 0 radical (unpaired) electrons. The van der Waals surface area contributed by atoms with E-state index in [4.69, 9.17) is 0 Å². The first kappa shape index (κ1) is 32.9. The van der Waals surface area contributed by atoms with Gasteiger partial charge in [-0.2, -0.15) is 0 Å². The van der Waals surface area contributed by atoms with Crippen LogP contribution in [-0.4, -0.2) is 19.4 Å². The van der Waals surface area contributed by atoms with Crippen LogP contribution >= 0.6 is 34.0 Å². The summed E-state index contributed by atoms with van der Waals surface area (Å²) in [5, 5.41) is 4.38. The van der Waals surface area contributed by atoms with Crippen LogP contribution in [0.3, 0.4) is 0 Å². The van der Waals surface area contributed by atoms with Crippen molar-refractivity contribution in [2.45, 2.75) is 131 Å². The second kappa shape index (κ2) is 18.8. The fourth-order valence-electron chi connectivity index (χ4n) is 4.96. The maximum absolute atomic E-state index is 13.8. The van der Waals surface area contributed by atoms with Gasteiger partial charge in [0, 0.05) is 26.3 Å². The summed E-state index contributed by atoms with van der Waals surface area (Å²) in [5.41, 5.74) is 1.08. The molecule has 0 saturated heterocycles. The molecular formula is C32H48O2S5. The highest BCUT2D eigenvalue weighted by atomic mass is 32.2. The Labute approximate surface area is 255 Å². The van der Waals surface area contributed by atoms with Gasteiger partial charge in [-0.3, -0.25) is 8.42 Å². The van der Waals surface area contributed by atoms with Crippen LogP contribution in [-0.2, 0) is 21.6 Å². The average molecular weight is 625 g/mol. The topological polar surface area (TPSA) is 34.1 Å². The summed E-state index contributed by atoms with van der Waals surface area (Å²) in [5.74, 6) is 0.724. The highest BCUT2D eigenvalue weighted by Crippen LogP contribution is 2.45. The Kier molecular flexibility index (Phi) is 15.8. The summed E-state index contributed by atoms with van der Waals surface area (Å²) in [4.78, 5) is 4.39. The maximum atomic E-state index is 13.8. The summed E-state index contributed by atoms with van der Waals surface area (Å²) in [6, 6.07) is 8.48. The molecule has 218 valence electrons. The lowest BCUT2D eigenvalue weighted by molar-refractivity contribution is 0.580. The van der Waals surface area contributed by atoms with E-state index in [0.717, 1.165) is 62.3 Å². The molecule has 0 N–H and O–H groups in total. The molecule has 0 aromatic carbocycles. The first-order chi connectivity index (χ1) is 19.1. The van der Waals surface area contributed by atoms with E-state index in [1.807, 2.05) is 0 Å². The van der Waals surface area contributed by atoms with Gasteiger partial charge in [0.05, 0.1) is 35.6 Å². The zero-order valence-electron chi connectivity index (χ0n) is 24.2. The van der Waals surface area contributed by atoms with E-state index in [1.165, 1.54) is 69.1 Å². The van der Waals surface area contributed by atoms with Crippen LogP contribution < -0.4 is 0 Å². The molecule has 3 aromatic heterocycles. The van der Waals surface area contributed by atoms with E-state index < -0.39 is 21.6 Å². The minimum absolute atomic E-state index is 0.205. The van der Waals surface area contributed by atoms with Crippen molar-refractivity contribution in [1.29, 1.82) is 0 Å². The third kappa shape index (κ3) is 10.3. The first-order valence-electron chi connectivity index (χ1n) is 15.1. The summed E-state index contributed by atoms with van der Waals surface area (Å²) in [6.45, 7) is 6.68. The van der Waals surface area contributed by atoms with Gasteiger partial charge in [-0.05, 0) is 48.2 Å².